The Kier molecular flexibility index (Phi) is 4.73. The maximum atomic E-state index is 11.8. The SMILES string of the molecule is CC1CC(C)CN(C(=O)CNC(=O)CN)C1. The van der Waals surface area contributed by atoms with Gasteiger partial charge < -0.3 is 16.0 Å². The Morgan fingerprint density at radius 3 is 2.38 bits per heavy atom. The summed E-state index contributed by atoms with van der Waals surface area (Å²) in [6.45, 7) is 5.88. The summed E-state index contributed by atoms with van der Waals surface area (Å²) in [5, 5.41) is 2.50. The van der Waals surface area contributed by atoms with Gasteiger partial charge in [0.25, 0.3) is 0 Å². The second kappa shape index (κ2) is 5.84. The molecule has 0 spiro atoms. The molecule has 1 aliphatic heterocycles. The number of hydrogen-bond donors (Lipinski definition) is 2. The molecule has 92 valence electrons. The Morgan fingerprint density at radius 2 is 1.88 bits per heavy atom. The summed E-state index contributed by atoms with van der Waals surface area (Å²) in [5.41, 5.74) is 5.14. The first kappa shape index (κ1) is 13.0. The summed E-state index contributed by atoms with van der Waals surface area (Å²) < 4.78 is 0. The number of piperidine rings is 1. The monoisotopic (exact) mass is 227 g/mol. The predicted octanol–water partition coefficient (Wildman–Crippen LogP) is -0.434. The minimum atomic E-state index is -0.286. The number of carbonyl (C=O) groups is 2. The van der Waals surface area contributed by atoms with Gasteiger partial charge in [0.2, 0.25) is 11.8 Å². The summed E-state index contributed by atoms with van der Waals surface area (Å²) in [6, 6.07) is 0. The third-order valence-corrected chi connectivity index (χ3v) is 2.84. The molecule has 0 aromatic rings. The summed E-state index contributed by atoms with van der Waals surface area (Å²) in [7, 11) is 0. The zero-order chi connectivity index (χ0) is 12.1. The molecule has 0 aliphatic carbocycles. The minimum Gasteiger partial charge on any atom is -0.346 e. The van der Waals surface area contributed by atoms with Crippen LogP contribution in [0.1, 0.15) is 20.3 Å². The van der Waals surface area contributed by atoms with Crippen molar-refractivity contribution in [1.29, 1.82) is 0 Å². The Hall–Kier alpha value is -1.10. The van der Waals surface area contributed by atoms with Gasteiger partial charge in [0.15, 0.2) is 0 Å². The molecule has 2 amide bonds. The Balaban J connectivity index is 2.38. The first-order valence-electron chi connectivity index (χ1n) is 5.77. The van der Waals surface area contributed by atoms with Gasteiger partial charge in [0.05, 0.1) is 13.1 Å². The molecule has 5 nitrogen and oxygen atoms in total. The van der Waals surface area contributed by atoms with Crippen LogP contribution in [0, 0.1) is 11.8 Å². The van der Waals surface area contributed by atoms with Crippen molar-refractivity contribution in [2.45, 2.75) is 20.3 Å². The van der Waals surface area contributed by atoms with E-state index in [9.17, 15) is 9.59 Å². The third-order valence-electron chi connectivity index (χ3n) is 2.84. The molecule has 1 heterocycles. The van der Waals surface area contributed by atoms with Crippen LogP contribution >= 0.6 is 0 Å². The number of carbonyl (C=O) groups excluding carboxylic acids is 2. The summed E-state index contributed by atoms with van der Waals surface area (Å²) in [4.78, 5) is 24.5. The van der Waals surface area contributed by atoms with E-state index >= 15 is 0 Å². The molecular formula is C11H21N3O2. The van der Waals surface area contributed by atoms with Gasteiger partial charge in [-0.05, 0) is 18.3 Å². The zero-order valence-electron chi connectivity index (χ0n) is 10.0. The van der Waals surface area contributed by atoms with Crippen LogP contribution in [0.2, 0.25) is 0 Å². The van der Waals surface area contributed by atoms with Gasteiger partial charge in [-0.2, -0.15) is 0 Å². The number of amides is 2. The number of nitrogens with one attached hydrogen (secondary N) is 1. The summed E-state index contributed by atoms with van der Waals surface area (Å²) >= 11 is 0. The van der Waals surface area contributed by atoms with Crippen LogP contribution in [0.5, 0.6) is 0 Å². The molecule has 0 aromatic heterocycles. The fraction of sp³-hybridized carbons (Fsp3) is 0.818. The Labute approximate surface area is 96.4 Å². The first-order valence-corrected chi connectivity index (χ1v) is 5.77. The smallest absolute Gasteiger partial charge is 0.241 e. The molecule has 1 fully saturated rings. The number of likely N-dealkylation sites (tertiary alicyclic amines) is 1. The van der Waals surface area contributed by atoms with Gasteiger partial charge in [-0.15, -0.1) is 0 Å². The molecule has 16 heavy (non-hydrogen) atoms. The third kappa shape index (κ3) is 3.81. The topological polar surface area (TPSA) is 75.4 Å². The highest BCUT2D eigenvalue weighted by Gasteiger charge is 2.25. The molecule has 2 unspecified atom stereocenters. The lowest BCUT2D eigenvalue weighted by Crippen LogP contribution is -2.47. The summed E-state index contributed by atoms with van der Waals surface area (Å²) in [5.74, 6) is 0.780. The number of hydrogen-bond acceptors (Lipinski definition) is 3. The van der Waals surface area contributed by atoms with E-state index in [-0.39, 0.29) is 24.9 Å². The van der Waals surface area contributed by atoms with E-state index in [0.717, 1.165) is 13.1 Å². The van der Waals surface area contributed by atoms with E-state index in [0.29, 0.717) is 11.8 Å². The van der Waals surface area contributed by atoms with Crippen molar-refractivity contribution < 1.29 is 9.59 Å². The van der Waals surface area contributed by atoms with Crippen molar-refractivity contribution in [2.24, 2.45) is 17.6 Å². The van der Waals surface area contributed by atoms with Crippen LogP contribution in [0.15, 0.2) is 0 Å². The van der Waals surface area contributed by atoms with Gasteiger partial charge in [-0.25, -0.2) is 0 Å². The van der Waals surface area contributed by atoms with E-state index < -0.39 is 0 Å². The molecule has 1 aliphatic rings. The highest BCUT2D eigenvalue weighted by molar-refractivity contribution is 5.85. The van der Waals surface area contributed by atoms with Crippen LogP contribution in [-0.2, 0) is 9.59 Å². The zero-order valence-corrected chi connectivity index (χ0v) is 10.0. The molecular weight excluding hydrogens is 206 g/mol. The molecule has 0 aromatic carbocycles. The van der Waals surface area contributed by atoms with E-state index in [4.69, 9.17) is 5.73 Å². The van der Waals surface area contributed by atoms with E-state index in [2.05, 4.69) is 19.2 Å². The van der Waals surface area contributed by atoms with Crippen LogP contribution in [0.4, 0.5) is 0 Å². The number of nitrogens with two attached hydrogens (primary N) is 1. The normalized spacial score (nSPS) is 25.3. The second-order valence-corrected chi connectivity index (χ2v) is 4.73. The molecule has 1 rings (SSSR count). The number of rotatable bonds is 3. The fourth-order valence-electron chi connectivity index (χ4n) is 2.22. The highest BCUT2D eigenvalue weighted by atomic mass is 16.2. The number of nitrogens with zero attached hydrogens (tertiary/aromatic N) is 1. The van der Waals surface area contributed by atoms with Crippen molar-refractivity contribution in [2.75, 3.05) is 26.2 Å². The molecule has 0 saturated carbocycles. The first-order chi connectivity index (χ1) is 7.52. The van der Waals surface area contributed by atoms with Gasteiger partial charge in [0, 0.05) is 13.1 Å². The van der Waals surface area contributed by atoms with Crippen molar-refractivity contribution in [3.8, 4) is 0 Å². The molecule has 5 heteroatoms. The lowest BCUT2D eigenvalue weighted by molar-refractivity contribution is -0.134. The van der Waals surface area contributed by atoms with Gasteiger partial charge >= 0.3 is 0 Å². The summed E-state index contributed by atoms with van der Waals surface area (Å²) in [6.07, 6.45) is 1.17. The molecule has 0 bridgehead atoms. The van der Waals surface area contributed by atoms with Crippen LogP contribution < -0.4 is 11.1 Å². The molecule has 0 radical (unpaired) electrons. The van der Waals surface area contributed by atoms with Crippen molar-refractivity contribution in [1.82, 2.24) is 10.2 Å². The van der Waals surface area contributed by atoms with E-state index in [1.54, 1.807) is 0 Å². The van der Waals surface area contributed by atoms with Gasteiger partial charge in [-0.1, -0.05) is 13.8 Å². The van der Waals surface area contributed by atoms with Gasteiger partial charge in [0.1, 0.15) is 0 Å². The molecule has 2 atom stereocenters. The van der Waals surface area contributed by atoms with Gasteiger partial charge in [-0.3, -0.25) is 9.59 Å². The quantitative estimate of drug-likeness (QED) is 0.686. The molecule has 1 saturated heterocycles. The van der Waals surface area contributed by atoms with Crippen molar-refractivity contribution >= 4 is 11.8 Å². The average Bonchev–Trinajstić information content (AvgIpc) is 2.23. The maximum Gasteiger partial charge on any atom is 0.241 e. The van der Waals surface area contributed by atoms with Crippen molar-refractivity contribution in [3.05, 3.63) is 0 Å². The van der Waals surface area contributed by atoms with E-state index in [1.165, 1.54) is 6.42 Å². The molecule has 3 N–H and O–H groups in total. The predicted molar refractivity (Wildman–Crippen MR) is 61.6 cm³/mol. The van der Waals surface area contributed by atoms with Crippen LogP contribution in [0.25, 0.3) is 0 Å². The largest absolute Gasteiger partial charge is 0.346 e. The average molecular weight is 227 g/mol. The maximum absolute atomic E-state index is 11.8. The lowest BCUT2D eigenvalue weighted by atomic mass is 9.92. The highest BCUT2D eigenvalue weighted by Crippen LogP contribution is 2.20. The Morgan fingerprint density at radius 1 is 1.31 bits per heavy atom. The lowest BCUT2D eigenvalue weighted by Gasteiger charge is -2.35. The van der Waals surface area contributed by atoms with Crippen LogP contribution in [-0.4, -0.2) is 42.9 Å². The van der Waals surface area contributed by atoms with Crippen molar-refractivity contribution in [3.63, 3.8) is 0 Å². The fourth-order valence-corrected chi connectivity index (χ4v) is 2.22. The van der Waals surface area contributed by atoms with Crippen LogP contribution in [0.3, 0.4) is 0 Å². The Bertz CT molecular complexity index is 258. The standard InChI is InChI=1S/C11H21N3O2/c1-8-3-9(2)7-14(6-8)11(16)5-13-10(15)4-12/h8-9H,3-7,12H2,1-2H3,(H,13,15). The second-order valence-electron chi connectivity index (χ2n) is 4.73. The van der Waals surface area contributed by atoms with E-state index in [1.807, 2.05) is 4.90 Å². The minimum absolute atomic E-state index is 0.0137.